The molecule has 0 spiro atoms. The number of ether oxygens (including phenoxy) is 1. The Hall–Kier alpha value is -2.54. The zero-order chi connectivity index (χ0) is 23.5. The quantitative estimate of drug-likeness (QED) is 0.204. The molecule has 0 unspecified atom stereocenters. The van der Waals surface area contributed by atoms with Gasteiger partial charge in [0.05, 0.1) is 13.7 Å². The summed E-state index contributed by atoms with van der Waals surface area (Å²) in [6, 6.07) is 15.4. The van der Waals surface area contributed by atoms with Gasteiger partial charge in [-0.05, 0) is 81.1 Å². The van der Waals surface area contributed by atoms with Crippen LogP contribution in [0.15, 0.2) is 66.4 Å². The van der Waals surface area contributed by atoms with Crippen molar-refractivity contribution in [1.82, 2.24) is 10.2 Å². The predicted molar refractivity (Wildman–Crippen MR) is 136 cm³/mol. The molecule has 0 aliphatic carbocycles. The van der Waals surface area contributed by atoms with Crippen molar-refractivity contribution in [2.75, 3.05) is 0 Å². The minimum Gasteiger partial charge on any atom is -0.487 e. The smallest absolute Gasteiger partial charge is 0.329 e. The van der Waals surface area contributed by atoms with E-state index in [4.69, 9.17) is 4.74 Å². The highest BCUT2D eigenvalue weighted by atomic mass is 127. The van der Waals surface area contributed by atoms with Crippen molar-refractivity contribution >= 4 is 63.2 Å². The van der Waals surface area contributed by atoms with Crippen LogP contribution in [-0.2, 0) is 17.9 Å². The summed E-state index contributed by atoms with van der Waals surface area (Å²) in [4.78, 5) is 26.0. The van der Waals surface area contributed by atoms with E-state index in [-0.39, 0.29) is 30.2 Å². The van der Waals surface area contributed by atoms with E-state index in [0.29, 0.717) is 16.9 Å². The molecule has 3 amide bonds. The number of hydrogen-bond donors (Lipinski definition) is 1. The summed E-state index contributed by atoms with van der Waals surface area (Å²) in [6.45, 7) is -0.0781. The van der Waals surface area contributed by atoms with Crippen molar-refractivity contribution in [2.24, 2.45) is 0 Å². The number of halogens is 4. The third-order valence-electron chi connectivity index (χ3n) is 4.91. The molecule has 5 nitrogen and oxygen atoms in total. The molecule has 1 aliphatic rings. The second-order valence-corrected chi connectivity index (χ2v) is 9.49. The average Bonchev–Trinajstić information content (AvgIpc) is 3.03. The lowest BCUT2D eigenvalue weighted by Crippen LogP contribution is -2.30. The maximum absolute atomic E-state index is 13.9. The predicted octanol–water partition coefficient (Wildman–Crippen LogP) is 5.85. The summed E-state index contributed by atoms with van der Waals surface area (Å²) in [5.41, 5.74) is 1.48. The van der Waals surface area contributed by atoms with E-state index < -0.39 is 17.8 Å². The largest absolute Gasteiger partial charge is 0.487 e. The normalized spacial score (nSPS) is 14.7. The van der Waals surface area contributed by atoms with Crippen LogP contribution in [0.2, 0.25) is 0 Å². The summed E-state index contributed by atoms with van der Waals surface area (Å²) >= 11 is 4.21. The third-order valence-corrected chi connectivity index (χ3v) is 6.51. The number of carbonyl (C=O) groups is 2. The van der Waals surface area contributed by atoms with Crippen LogP contribution in [0.5, 0.6) is 5.75 Å². The van der Waals surface area contributed by atoms with Crippen LogP contribution in [0.25, 0.3) is 6.08 Å². The van der Waals surface area contributed by atoms with Crippen molar-refractivity contribution in [2.45, 2.75) is 13.2 Å². The molecule has 9 heteroatoms. The van der Waals surface area contributed by atoms with Crippen molar-refractivity contribution < 1.29 is 23.1 Å². The first-order valence-corrected chi connectivity index (χ1v) is 11.9. The number of urea groups is 1. The monoisotopic (exact) mass is 672 g/mol. The second-order valence-electron chi connectivity index (χ2n) is 7.16. The first kappa shape index (κ1) is 23.6. The highest BCUT2D eigenvalue weighted by Crippen LogP contribution is 2.31. The van der Waals surface area contributed by atoms with Gasteiger partial charge >= 0.3 is 6.03 Å². The Balaban J connectivity index is 1.52. The first-order chi connectivity index (χ1) is 15.8. The van der Waals surface area contributed by atoms with E-state index >= 15 is 0 Å². The van der Waals surface area contributed by atoms with Crippen molar-refractivity contribution in [3.63, 3.8) is 0 Å². The lowest BCUT2D eigenvalue weighted by molar-refractivity contribution is -0.123. The second kappa shape index (κ2) is 10.2. The van der Waals surface area contributed by atoms with E-state index in [1.807, 2.05) is 0 Å². The topological polar surface area (TPSA) is 58.6 Å². The highest BCUT2D eigenvalue weighted by molar-refractivity contribution is 14.1. The molecule has 0 saturated carbocycles. The standard InChI is InChI=1S/C24H16F2I2N2O3/c25-17-7-3-1-5-15(17)12-30-23(31)21(29-24(30)32)11-14-9-19(27)22(20(28)10-14)33-13-16-6-2-4-8-18(16)26/h1-11H,12-13H2,(H,29,32)/b21-11+. The van der Waals surface area contributed by atoms with Gasteiger partial charge < -0.3 is 10.1 Å². The molecule has 0 bridgehead atoms. The van der Waals surface area contributed by atoms with Gasteiger partial charge in [-0.2, -0.15) is 0 Å². The van der Waals surface area contributed by atoms with Crippen LogP contribution in [0.4, 0.5) is 13.6 Å². The number of imide groups is 1. The van der Waals surface area contributed by atoms with Gasteiger partial charge in [0, 0.05) is 11.1 Å². The molecule has 1 N–H and O–H groups in total. The van der Waals surface area contributed by atoms with E-state index in [0.717, 1.165) is 12.0 Å². The lowest BCUT2D eigenvalue weighted by atomic mass is 10.1. The van der Waals surface area contributed by atoms with Crippen LogP contribution >= 0.6 is 45.2 Å². The molecule has 1 heterocycles. The van der Waals surface area contributed by atoms with Gasteiger partial charge in [0.15, 0.2) is 0 Å². The summed E-state index contributed by atoms with van der Waals surface area (Å²) < 4.78 is 35.2. The Labute approximate surface area is 216 Å². The maximum atomic E-state index is 13.9. The summed E-state index contributed by atoms with van der Waals surface area (Å²) in [6.07, 6.45) is 1.56. The molecule has 0 aromatic heterocycles. The Morgan fingerprint density at radius 2 is 1.48 bits per heavy atom. The number of hydrogen-bond acceptors (Lipinski definition) is 3. The molecule has 3 aromatic carbocycles. The van der Waals surface area contributed by atoms with Crippen LogP contribution in [0.3, 0.4) is 0 Å². The third kappa shape index (κ3) is 5.35. The molecular formula is C24H16F2I2N2O3. The number of nitrogens with zero attached hydrogens (tertiary/aromatic N) is 1. The number of carbonyl (C=O) groups excluding carboxylic acids is 2. The van der Waals surface area contributed by atoms with Crippen LogP contribution in [0, 0.1) is 18.8 Å². The average molecular weight is 672 g/mol. The van der Waals surface area contributed by atoms with Gasteiger partial charge in [-0.1, -0.05) is 36.4 Å². The van der Waals surface area contributed by atoms with Crippen LogP contribution in [0.1, 0.15) is 16.7 Å². The minimum absolute atomic E-state index is 0.0820. The molecule has 1 fully saturated rings. The van der Waals surface area contributed by atoms with E-state index in [1.165, 1.54) is 18.2 Å². The van der Waals surface area contributed by atoms with Crippen LogP contribution in [-0.4, -0.2) is 16.8 Å². The fourth-order valence-corrected chi connectivity index (χ4v) is 5.37. The van der Waals surface area contributed by atoms with Gasteiger partial charge in [0.2, 0.25) is 0 Å². The van der Waals surface area contributed by atoms with Gasteiger partial charge in [0.1, 0.15) is 29.7 Å². The van der Waals surface area contributed by atoms with Gasteiger partial charge in [-0.3, -0.25) is 9.69 Å². The molecule has 0 radical (unpaired) electrons. The molecule has 33 heavy (non-hydrogen) atoms. The summed E-state index contributed by atoms with van der Waals surface area (Å²) in [5, 5.41) is 2.55. The number of rotatable bonds is 6. The molecule has 1 saturated heterocycles. The van der Waals surface area contributed by atoms with E-state index in [1.54, 1.807) is 48.5 Å². The Morgan fingerprint density at radius 1 is 0.909 bits per heavy atom. The fraction of sp³-hybridized carbons (Fsp3) is 0.0833. The molecule has 1 aliphatic heterocycles. The summed E-state index contributed by atoms with van der Waals surface area (Å²) in [7, 11) is 0. The zero-order valence-corrected chi connectivity index (χ0v) is 21.3. The molecule has 4 rings (SSSR count). The van der Waals surface area contributed by atoms with E-state index in [2.05, 4.69) is 50.5 Å². The van der Waals surface area contributed by atoms with E-state index in [9.17, 15) is 18.4 Å². The highest BCUT2D eigenvalue weighted by Gasteiger charge is 2.34. The lowest BCUT2D eigenvalue weighted by Gasteiger charge is -2.12. The number of amides is 3. The Kier molecular flexibility index (Phi) is 7.27. The molecular weight excluding hydrogens is 656 g/mol. The Morgan fingerprint density at radius 3 is 2.09 bits per heavy atom. The molecule has 3 aromatic rings. The van der Waals surface area contributed by atoms with Crippen molar-refractivity contribution in [3.8, 4) is 5.75 Å². The van der Waals surface area contributed by atoms with Gasteiger partial charge in [-0.15, -0.1) is 0 Å². The van der Waals surface area contributed by atoms with Gasteiger partial charge in [0.25, 0.3) is 5.91 Å². The first-order valence-electron chi connectivity index (χ1n) is 9.76. The van der Waals surface area contributed by atoms with Crippen molar-refractivity contribution in [3.05, 3.63) is 102 Å². The number of benzene rings is 3. The van der Waals surface area contributed by atoms with Crippen LogP contribution < -0.4 is 10.1 Å². The van der Waals surface area contributed by atoms with Crippen molar-refractivity contribution in [1.29, 1.82) is 0 Å². The fourth-order valence-electron chi connectivity index (χ4n) is 3.24. The number of nitrogens with one attached hydrogen (secondary N) is 1. The SMILES string of the molecule is O=C1N/C(=C/c2cc(I)c(OCc3ccccc3F)c(I)c2)C(=O)N1Cc1ccccc1F. The summed E-state index contributed by atoms with van der Waals surface area (Å²) in [5.74, 6) is -0.748. The minimum atomic E-state index is -0.608. The van der Waals surface area contributed by atoms with Gasteiger partial charge in [-0.25, -0.2) is 13.6 Å². The maximum Gasteiger partial charge on any atom is 0.329 e. The zero-order valence-electron chi connectivity index (χ0n) is 16.9. The molecule has 168 valence electrons. The Bertz CT molecular complexity index is 1260. The molecule has 0 atom stereocenters.